The van der Waals surface area contributed by atoms with Crippen LogP contribution in [0.25, 0.3) is 27.8 Å². The minimum absolute atomic E-state index is 0.0294. The molecule has 9 aromatic rings. The van der Waals surface area contributed by atoms with E-state index in [1.54, 1.807) is 0 Å². The molecule has 0 amide bonds. The third kappa shape index (κ3) is 4.85. The first-order chi connectivity index (χ1) is 29.0. The zero-order valence-corrected chi connectivity index (χ0v) is 33.2. The van der Waals surface area contributed by atoms with Crippen molar-refractivity contribution >= 4 is 68.1 Å². The lowest BCUT2D eigenvalue weighted by atomic mass is 9.34. The van der Waals surface area contributed by atoms with Crippen LogP contribution in [0, 0.1) is 6.92 Å². The highest BCUT2D eigenvalue weighted by molar-refractivity contribution is 6.99. The van der Waals surface area contributed by atoms with Gasteiger partial charge in [0.25, 0.3) is 6.71 Å². The summed E-state index contributed by atoms with van der Waals surface area (Å²) >= 11 is 0. The molecule has 2 aliphatic heterocycles. The Morgan fingerprint density at radius 3 is 1.73 bits per heavy atom. The molecule has 3 aliphatic rings. The van der Waals surface area contributed by atoms with E-state index in [9.17, 15) is 0 Å². The molecule has 0 radical (unpaired) electrons. The van der Waals surface area contributed by atoms with Gasteiger partial charge >= 0.3 is 0 Å². The largest absolute Gasteiger partial charge is 0.458 e. The van der Waals surface area contributed by atoms with Crippen LogP contribution < -0.4 is 30.9 Å². The summed E-state index contributed by atoms with van der Waals surface area (Å²) in [6.45, 7) is 7.09. The summed E-state index contributed by atoms with van der Waals surface area (Å²) in [6, 6.07) is 68.2. The number of nitrogens with zero attached hydrogens (tertiary/aromatic N) is 3. The van der Waals surface area contributed by atoms with Crippen molar-refractivity contribution in [1.82, 2.24) is 4.57 Å². The molecule has 0 saturated heterocycles. The lowest BCUT2D eigenvalue weighted by Gasteiger charge is -2.35. The molecular formula is C54H40BN3O. The Bertz CT molecular complexity index is 3040. The van der Waals surface area contributed by atoms with Gasteiger partial charge in [-0.25, -0.2) is 0 Å². The van der Waals surface area contributed by atoms with E-state index < -0.39 is 0 Å². The molecule has 0 saturated carbocycles. The highest BCUT2D eigenvalue weighted by Gasteiger charge is 2.47. The fourth-order valence-corrected chi connectivity index (χ4v) is 10.4. The van der Waals surface area contributed by atoms with Gasteiger partial charge in [-0.15, -0.1) is 0 Å². The molecule has 8 aromatic carbocycles. The van der Waals surface area contributed by atoms with Gasteiger partial charge < -0.3 is 19.1 Å². The van der Waals surface area contributed by atoms with Crippen LogP contribution in [0.4, 0.5) is 34.1 Å². The number of para-hydroxylation sites is 5. The predicted molar refractivity (Wildman–Crippen MR) is 246 cm³/mol. The summed E-state index contributed by atoms with van der Waals surface area (Å²) < 4.78 is 9.41. The zero-order valence-electron chi connectivity index (χ0n) is 33.2. The molecule has 1 aliphatic carbocycles. The molecular weight excluding hydrogens is 717 g/mol. The van der Waals surface area contributed by atoms with E-state index in [2.05, 4.69) is 223 Å². The summed E-state index contributed by atoms with van der Waals surface area (Å²) in [5.74, 6) is 1.87. The molecule has 5 heteroatoms. The first kappa shape index (κ1) is 33.9. The number of ether oxygens (including phenoxy) is 1. The van der Waals surface area contributed by atoms with E-state index in [-0.39, 0.29) is 12.1 Å². The summed E-state index contributed by atoms with van der Waals surface area (Å²) in [4.78, 5) is 4.83. The van der Waals surface area contributed by atoms with Crippen LogP contribution >= 0.6 is 0 Å². The maximum absolute atomic E-state index is 6.80. The first-order valence-corrected chi connectivity index (χ1v) is 20.6. The van der Waals surface area contributed by atoms with Crippen LogP contribution in [-0.4, -0.2) is 11.3 Å². The zero-order chi connectivity index (χ0) is 39.4. The molecule has 280 valence electrons. The molecule has 4 nitrogen and oxygen atoms in total. The normalized spacial score (nSPS) is 13.6. The second-order valence-electron chi connectivity index (χ2n) is 16.6. The van der Waals surface area contributed by atoms with E-state index in [0.717, 1.165) is 39.9 Å². The summed E-state index contributed by atoms with van der Waals surface area (Å²) in [6.07, 6.45) is 0. The maximum atomic E-state index is 6.80. The van der Waals surface area contributed by atoms with E-state index in [1.165, 1.54) is 66.6 Å². The van der Waals surface area contributed by atoms with Gasteiger partial charge in [-0.3, -0.25) is 0 Å². The second-order valence-corrected chi connectivity index (χ2v) is 16.6. The van der Waals surface area contributed by atoms with Crippen molar-refractivity contribution in [3.8, 4) is 28.4 Å². The molecule has 0 spiro atoms. The summed E-state index contributed by atoms with van der Waals surface area (Å²) in [7, 11) is 0. The lowest BCUT2D eigenvalue weighted by molar-refractivity contribution is 0.487. The number of rotatable bonds is 6. The van der Waals surface area contributed by atoms with Gasteiger partial charge in [0.1, 0.15) is 11.5 Å². The number of anilines is 6. The monoisotopic (exact) mass is 757 g/mol. The highest BCUT2D eigenvalue weighted by atomic mass is 16.5. The molecule has 3 heterocycles. The topological polar surface area (TPSA) is 20.6 Å². The number of hydrogen-bond donors (Lipinski definition) is 0. The van der Waals surface area contributed by atoms with Crippen LogP contribution in [0.5, 0.6) is 11.5 Å². The van der Waals surface area contributed by atoms with Gasteiger partial charge in [-0.1, -0.05) is 117 Å². The average molecular weight is 758 g/mol. The number of fused-ring (bicyclic) bond motifs is 9. The fraction of sp³-hybridized carbons (Fsp3) is 0.0741. The Balaban J connectivity index is 1.20. The molecule has 0 fully saturated rings. The second kappa shape index (κ2) is 12.6. The maximum Gasteiger partial charge on any atom is 0.256 e. The molecule has 0 unspecified atom stereocenters. The summed E-state index contributed by atoms with van der Waals surface area (Å²) in [5.41, 5.74) is 19.0. The third-order valence-electron chi connectivity index (χ3n) is 12.8. The fourth-order valence-electron chi connectivity index (χ4n) is 10.4. The van der Waals surface area contributed by atoms with Crippen molar-refractivity contribution in [3.05, 3.63) is 205 Å². The van der Waals surface area contributed by atoms with E-state index in [0.29, 0.717) is 0 Å². The SMILES string of the molecule is Cc1cc2c3c(c1)-n1c4c(c5c(N(c6ccccc6)c6ccccc6)ccc(c51)B3c1ccccc1O2)C(C)(C)c1cc(N(c2ccccc2)c2ccccc2)ccc1-4. The van der Waals surface area contributed by atoms with Crippen LogP contribution in [-0.2, 0) is 5.41 Å². The van der Waals surface area contributed by atoms with Gasteiger partial charge in [-0.2, -0.15) is 0 Å². The molecule has 0 bridgehead atoms. The van der Waals surface area contributed by atoms with Crippen molar-refractivity contribution < 1.29 is 4.74 Å². The van der Waals surface area contributed by atoms with Gasteiger partial charge in [0.15, 0.2) is 0 Å². The van der Waals surface area contributed by atoms with E-state index in [1.807, 2.05) is 0 Å². The van der Waals surface area contributed by atoms with Crippen LogP contribution in [0.3, 0.4) is 0 Å². The minimum Gasteiger partial charge on any atom is -0.458 e. The number of aryl methyl sites for hydroxylation is 1. The summed E-state index contributed by atoms with van der Waals surface area (Å²) in [5, 5.41) is 1.29. The standard InChI is InChI=1S/C54H40BN3O/c1-35-32-46-51-48(33-35)59-47-27-17-16-26-43(47)55(51)44-30-31-45(57(38-22-12-6-13-23-38)39-24-14-7-15-25-39)49-50-52(58(46)53(44)49)41-29-28-40(34-42(41)54(50,2)3)56(36-18-8-4-9-19-36)37-20-10-5-11-21-37/h4-34H,1-3H3. The first-order valence-electron chi connectivity index (χ1n) is 20.6. The lowest BCUT2D eigenvalue weighted by Crippen LogP contribution is -2.58. The van der Waals surface area contributed by atoms with E-state index >= 15 is 0 Å². The van der Waals surface area contributed by atoms with Crippen LogP contribution in [0.1, 0.15) is 30.5 Å². The van der Waals surface area contributed by atoms with Gasteiger partial charge in [0, 0.05) is 50.5 Å². The average Bonchev–Trinajstić information content (AvgIpc) is 3.75. The number of hydrogen-bond acceptors (Lipinski definition) is 3. The van der Waals surface area contributed by atoms with Gasteiger partial charge in [-0.05, 0) is 125 Å². The molecule has 59 heavy (non-hydrogen) atoms. The Morgan fingerprint density at radius 2 is 1.10 bits per heavy atom. The Labute approximate surface area is 345 Å². The molecule has 0 N–H and O–H groups in total. The minimum atomic E-state index is -0.364. The van der Waals surface area contributed by atoms with Gasteiger partial charge in [0.05, 0.1) is 16.9 Å². The third-order valence-corrected chi connectivity index (χ3v) is 12.8. The van der Waals surface area contributed by atoms with Crippen molar-refractivity contribution in [2.24, 2.45) is 0 Å². The Morgan fingerprint density at radius 1 is 0.525 bits per heavy atom. The van der Waals surface area contributed by atoms with Crippen molar-refractivity contribution in [1.29, 1.82) is 0 Å². The molecule has 1 aromatic heterocycles. The molecule has 12 rings (SSSR count). The highest BCUT2D eigenvalue weighted by Crippen LogP contribution is 2.58. The predicted octanol–water partition coefficient (Wildman–Crippen LogP) is 12.1. The Kier molecular flexibility index (Phi) is 7.25. The Hall–Kier alpha value is -7.24. The molecule has 0 atom stereocenters. The van der Waals surface area contributed by atoms with Crippen LogP contribution in [0.2, 0.25) is 0 Å². The van der Waals surface area contributed by atoms with Crippen molar-refractivity contribution in [2.45, 2.75) is 26.2 Å². The number of aromatic nitrogens is 1. The van der Waals surface area contributed by atoms with Crippen molar-refractivity contribution in [2.75, 3.05) is 9.80 Å². The smallest absolute Gasteiger partial charge is 0.256 e. The quantitative estimate of drug-likeness (QED) is 0.158. The van der Waals surface area contributed by atoms with Crippen LogP contribution in [0.15, 0.2) is 188 Å². The van der Waals surface area contributed by atoms with Gasteiger partial charge in [0.2, 0.25) is 0 Å². The number of benzene rings is 8. The van der Waals surface area contributed by atoms with E-state index in [4.69, 9.17) is 4.74 Å². The van der Waals surface area contributed by atoms with Crippen molar-refractivity contribution in [3.63, 3.8) is 0 Å².